The molecule has 3 nitrogen and oxygen atoms in total. The van der Waals surface area contributed by atoms with Crippen molar-refractivity contribution in [2.75, 3.05) is 5.32 Å². The van der Waals surface area contributed by atoms with Crippen molar-refractivity contribution in [1.29, 1.82) is 0 Å². The molecule has 3 rings (SSSR count). The molecule has 112 valence electrons. The van der Waals surface area contributed by atoms with Crippen molar-refractivity contribution in [2.45, 2.75) is 13.8 Å². The first-order chi connectivity index (χ1) is 10.5. The largest absolute Gasteiger partial charge is 0.330 e. The van der Waals surface area contributed by atoms with E-state index in [1.807, 2.05) is 23.6 Å². The molecule has 0 atom stereocenters. The Hall–Kier alpha value is -1.98. The number of nitrogens with zero attached hydrogens (tertiary/aromatic N) is 2. The van der Waals surface area contributed by atoms with Crippen molar-refractivity contribution < 1.29 is 4.39 Å². The number of aromatic nitrogens is 2. The van der Waals surface area contributed by atoms with Gasteiger partial charge < -0.3 is 5.32 Å². The zero-order chi connectivity index (χ0) is 15.7. The maximum absolute atomic E-state index is 13.7. The molecule has 2 heterocycles. The van der Waals surface area contributed by atoms with Crippen molar-refractivity contribution in [2.24, 2.45) is 0 Å². The molecule has 0 aliphatic carbocycles. The van der Waals surface area contributed by atoms with Crippen LogP contribution in [0.5, 0.6) is 0 Å². The molecule has 0 radical (unpaired) electrons. The number of anilines is 2. The Morgan fingerprint density at radius 3 is 2.55 bits per heavy atom. The van der Waals surface area contributed by atoms with Gasteiger partial charge in [0.25, 0.3) is 0 Å². The summed E-state index contributed by atoms with van der Waals surface area (Å²) in [6.45, 7) is 3.52. The van der Waals surface area contributed by atoms with Gasteiger partial charge in [-0.25, -0.2) is 14.4 Å². The maximum atomic E-state index is 13.7. The van der Waals surface area contributed by atoms with E-state index in [1.165, 1.54) is 11.3 Å². The van der Waals surface area contributed by atoms with Crippen LogP contribution in [-0.2, 0) is 0 Å². The number of thiazole rings is 1. The third-order valence-electron chi connectivity index (χ3n) is 3.22. The third-order valence-corrected chi connectivity index (χ3v) is 4.20. The lowest BCUT2D eigenvalue weighted by Gasteiger charge is -2.05. The van der Waals surface area contributed by atoms with Gasteiger partial charge in [-0.15, -0.1) is 11.3 Å². The second kappa shape index (κ2) is 6.02. The minimum Gasteiger partial charge on any atom is -0.330 e. The summed E-state index contributed by atoms with van der Waals surface area (Å²) in [6.07, 6.45) is 1.65. The second-order valence-electron chi connectivity index (χ2n) is 4.96. The quantitative estimate of drug-likeness (QED) is 0.656. The predicted molar refractivity (Wildman–Crippen MR) is 89.5 cm³/mol. The van der Waals surface area contributed by atoms with Crippen LogP contribution in [0.25, 0.3) is 11.3 Å². The van der Waals surface area contributed by atoms with Crippen LogP contribution in [0.3, 0.4) is 0 Å². The van der Waals surface area contributed by atoms with Crippen LogP contribution in [0.4, 0.5) is 15.2 Å². The summed E-state index contributed by atoms with van der Waals surface area (Å²) in [7, 11) is 0. The van der Waals surface area contributed by atoms with Gasteiger partial charge in [-0.05, 0) is 49.2 Å². The molecule has 0 aliphatic rings. The molecular weight excluding hydrogens is 321 g/mol. The van der Waals surface area contributed by atoms with Crippen LogP contribution in [0.15, 0.2) is 35.8 Å². The number of benzene rings is 1. The highest BCUT2D eigenvalue weighted by molar-refractivity contribution is 7.14. The lowest BCUT2D eigenvalue weighted by atomic mass is 10.0. The molecule has 3 aromatic rings. The molecule has 1 N–H and O–H groups in total. The summed E-state index contributed by atoms with van der Waals surface area (Å²) in [5.74, 6) is -0.162. The normalized spacial score (nSPS) is 10.7. The van der Waals surface area contributed by atoms with Gasteiger partial charge in [0.05, 0.1) is 17.6 Å². The molecule has 0 spiro atoms. The topological polar surface area (TPSA) is 37.8 Å². The van der Waals surface area contributed by atoms with Crippen LogP contribution in [-0.4, -0.2) is 9.97 Å². The monoisotopic (exact) mass is 333 g/mol. The molecule has 0 unspecified atom stereocenters. The van der Waals surface area contributed by atoms with E-state index in [2.05, 4.69) is 15.3 Å². The number of hydrogen-bond acceptors (Lipinski definition) is 4. The van der Waals surface area contributed by atoms with Gasteiger partial charge in [-0.3, -0.25) is 0 Å². The van der Waals surface area contributed by atoms with Gasteiger partial charge in [0.15, 0.2) is 5.13 Å². The molecule has 0 saturated heterocycles. The summed E-state index contributed by atoms with van der Waals surface area (Å²) in [5, 5.41) is 6.31. The SMILES string of the molecule is Cc1cc(-c2csc(Nc3ccc(Cl)nc3)n2)cc(C)c1F. The van der Waals surface area contributed by atoms with E-state index in [4.69, 9.17) is 11.6 Å². The molecule has 0 fully saturated rings. The molecule has 0 saturated carbocycles. The van der Waals surface area contributed by atoms with Gasteiger partial charge in [0, 0.05) is 10.9 Å². The summed E-state index contributed by atoms with van der Waals surface area (Å²) in [4.78, 5) is 8.55. The Morgan fingerprint density at radius 1 is 1.18 bits per heavy atom. The number of hydrogen-bond donors (Lipinski definition) is 1. The number of halogens is 2. The molecular formula is C16H13ClFN3S. The van der Waals surface area contributed by atoms with E-state index in [1.54, 1.807) is 26.1 Å². The molecule has 0 amide bonds. The average Bonchev–Trinajstić information content (AvgIpc) is 2.95. The van der Waals surface area contributed by atoms with Crippen molar-refractivity contribution >= 4 is 33.8 Å². The average molecular weight is 334 g/mol. The summed E-state index contributed by atoms with van der Waals surface area (Å²) in [5.41, 5.74) is 3.80. The van der Waals surface area contributed by atoms with Gasteiger partial charge in [-0.1, -0.05) is 11.6 Å². The van der Waals surface area contributed by atoms with E-state index in [9.17, 15) is 4.39 Å². The Bertz CT molecular complexity index is 792. The fourth-order valence-electron chi connectivity index (χ4n) is 2.13. The third kappa shape index (κ3) is 3.10. The Labute approximate surface area is 136 Å². The van der Waals surface area contributed by atoms with Gasteiger partial charge >= 0.3 is 0 Å². The standard InChI is InChI=1S/C16H13ClFN3S/c1-9-5-11(6-10(2)15(9)18)13-8-22-16(21-13)20-12-3-4-14(17)19-7-12/h3-8H,1-2H3,(H,20,21). The van der Waals surface area contributed by atoms with E-state index >= 15 is 0 Å². The van der Waals surface area contributed by atoms with Gasteiger partial charge in [0.2, 0.25) is 0 Å². The van der Waals surface area contributed by atoms with E-state index in [-0.39, 0.29) is 5.82 Å². The minimum absolute atomic E-state index is 0.162. The van der Waals surface area contributed by atoms with E-state index < -0.39 is 0 Å². The van der Waals surface area contributed by atoms with Crippen LogP contribution < -0.4 is 5.32 Å². The molecule has 22 heavy (non-hydrogen) atoms. The van der Waals surface area contributed by atoms with Crippen molar-refractivity contribution in [3.05, 3.63) is 57.9 Å². The molecule has 0 aliphatic heterocycles. The first-order valence-electron chi connectivity index (χ1n) is 6.64. The first-order valence-corrected chi connectivity index (χ1v) is 7.90. The number of nitrogens with one attached hydrogen (secondary N) is 1. The molecule has 1 aromatic carbocycles. The number of aryl methyl sites for hydroxylation is 2. The number of pyridine rings is 1. The zero-order valence-electron chi connectivity index (χ0n) is 12.0. The summed E-state index contributed by atoms with van der Waals surface area (Å²) >= 11 is 7.24. The van der Waals surface area contributed by atoms with Crippen molar-refractivity contribution in [3.63, 3.8) is 0 Å². The Morgan fingerprint density at radius 2 is 1.91 bits per heavy atom. The summed E-state index contributed by atoms with van der Waals surface area (Å²) in [6, 6.07) is 7.17. The van der Waals surface area contributed by atoms with Crippen LogP contribution in [0.1, 0.15) is 11.1 Å². The predicted octanol–water partition coefficient (Wildman–Crippen LogP) is 5.36. The van der Waals surface area contributed by atoms with E-state index in [0.717, 1.165) is 22.1 Å². The lowest BCUT2D eigenvalue weighted by molar-refractivity contribution is 0.609. The smallest absolute Gasteiger partial charge is 0.187 e. The fourth-order valence-corrected chi connectivity index (χ4v) is 2.98. The van der Waals surface area contributed by atoms with E-state index in [0.29, 0.717) is 16.3 Å². The van der Waals surface area contributed by atoms with Crippen LogP contribution >= 0.6 is 22.9 Å². The van der Waals surface area contributed by atoms with Gasteiger partial charge in [-0.2, -0.15) is 0 Å². The van der Waals surface area contributed by atoms with Crippen molar-refractivity contribution in [1.82, 2.24) is 9.97 Å². The van der Waals surface area contributed by atoms with Crippen LogP contribution in [0.2, 0.25) is 5.15 Å². The number of rotatable bonds is 3. The highest BCUT2D eigenvalue weighted by atomic mass is 35.5. The zero-order valence-corrected chi connectivity index (χ0v) is 13.6. The first kappa shape index (κ1) is 14.9. The molecule has 2 aromatic heterocycles. The Kier molecular flexibility index (Phi) is 4.09. The van der Waals surface area contributed by atoms with Crippen LogP contribution in [0, 0.1) is 19.7 Å². The summed E-state index contributed by atoms with van der Waals surface area (Å²) < 4.78 is 13.7. The van der Waals surface area contributed by atoms with Gasteiger partial charge in [0.1, 0.15) is 11.0 Å². The lowest BCUT2D eigenvalue weighted by Crippen LogP contribution is -1.92. The Balaban J connectivity index is 1.86. The van der Waals surface area contributed by atoms with Crippen molar-refractivity contribution in [3.8, 4) is 11.3 Å². The fraction of sp³-hybridized carbons (Fsp3) is 0.125. The maximum Gasteiger partial charge on any atom is 0.187 e. The second-order valence-corrected chi connectivity index (χ2v) is 6.20. The molecule has 0 bridgehead atoms. The highest BCUT2D eigenvalue weighted by Crippen LogP contribution is 2.29. The highest BCUT2D eigenvalue weighted by Gasteiger charge is 2.09. The minimum atomic E-state index is -0.162. The molecule has 6 heteroatoms.